The number of aryl methyl sites for hydroxylation is 1. The van der Waals surface area contributed by atoms with E-state index in [1.165, 1.54) is 17.7 Å². The lowest BCUT2D eigenvalue weighted by molar-refractivity contribution is -0.120. The highest BCUT2D eigenvalue weighted by atomic mass is 35.5. The SMILES string of the molecule is Cc1nc(Nc2cc(Cl)c3c(c2)OCC(=O)N3C)cc2c1ncn2CC1CC1. The number of halogens is 1. The number of hydrogen-bond acceptors (Lipinski definition) is 5. The third-order valence-electron chi connectivity index (χ3n) is 5.30. The van der Waals surface area contributed by atoms with E-state index < -0.39 is 0 Å². The molecule has 0 atom stereocenters. The lowest BCUT2D eigenvalue weighted by atomic mass is 10.2. The van der Waals surface area contributed by atoms with Crippen LogP contribution < -0.4 is 15.0 Å². The van der Waals surface area contributed by atoms with Crippen molar-refractivity contribution < 1.29 is 9.53 Å². The van der Waals surface area contributed by atoms with Crippen molar-refractivity contribution in [2.24, 2.45) is 5.92 Å². The maximum atomic E-state index is 11.8. The topological polar surface area (TPSA) is 72.3 Å². The van der Waals surface area contributed by atoms with Crippen LogP contribution in [-0.2, 0) is 11.3 Å². The van der Waals surface area contributed by atoms with Gasteiger partial charge < -0.3 is 19.5 Å². The Morgan fingerprint density at radius 3 is 2.93 bits per heavy atom. The fourth-order valence-corrected chi connectivity index (χ4v) is 3.93. The zero-order valence-corrected chi connectivity index (χ0v) is 16.5. The quantitative estimate of drug-likeness (QED) is 0.722. The van der Waals surface area contributed by atoms with Gasteiger partial charge in [-0.15, -0.1) is 0 Å². The molecule has 28 heavy (non-hydrogen) atoms. The lowest BCUT2D eigenvalue weighted by Gasteiger charge is -2.27. The molecular formula is C20H20ClN5O2. The molecule has 1 amide bonds. The number of aromatic nitrogens is 3. The number of imidazole rings is 1. The van der Waals surface area contributed by atoms with Crippen LogP contribution in [0.2, 0.25) is 5.02 Å². The molecule has 0 unspecified atom stereocenters. The summed E-state index contributed by atoms with van der Waals surface area (Å²) in [6.45, 7) is 2.97. The molecular weight excluding hydrogens is 378 g/mol. The van der Waals surface area contributed by atoms with E-state index in [2.05, 4.69) is 19.9 Å². The van der Waals surface area contributed by atoms with E-state index in [0.29, 0.717) is 16.5 Å². The summed E-state index contributed by atoms with van der Waals surface area (Å²) in [7, 11) is 1.70. The minimum atomic E-state index is -0.123. The zero-order chi connectivity index (χ0) is 19.4. The molecule has 3 heterocycles. The van der Waals surface area contributed by atoms with Gasteiger partial charge in [-0.05, 0) is 31.7 Å². The van der Waals surface area contributed by atoms with Crippen LogP contribution in [0.15, 0.2) is 24.5 Å². The summed E-state index contributed by atoms with van der Waals surface area (Å²) in [5.41, 5.74) is 4.22. The van der Waals surface area contributed by atoms with Crippen molar-refractivity contribution in [3.05, 3.63) is 35.2 Å². The number of carbonyl (C=O) groups is 1. The fourth-order valence-electron chi connectivity index (χ4n) is 3.60. The number of pyridine rings is 1. The normalized spacial score (nSPS) is 16.2. The zero-order valence-electron chi connectivity index (χ0n) is 15.7. The predicted octanol–water partition coefficient (Wildman–Crippen LogP) is 3.90. The maximum absolute atomic E-state index is 11.8. The van der Waals surface area contributed by atoms with Gasteiger partial charge in [0, 0.05) is 31.4 Å². The number of amides is 1. The smallest absolute Gasteiger partial charge is 0.264 e. The molecule has 1 N–H and O–H groups in total. The molecule has 0 radical (unpaired) electrons. The molecule has 0 spiro atoms. The van der Waals surface area contributed by atoms with Crippen LogP contribution in [0.4, 0.5) is 17.2 Å². The second-order valence-electron chi connectivity index (χ2n) is 7.47. The van der Waals surface area contributed by atoms with Gasteiger partial charge in [-0.2, -0.15) is 0 Å². The van der Waals surface area contributed by atoms with Crippen molar-refractivity contribution in [3.63, 3.8) is 0 Å². The molecule has 3 aromatic rings. The number of hydrogen-bond donors (Lipinski definition) is 1. The Balaban J connectivity index is 1.50. The molecule has 1 saturated carbocycles. The van der Waals surface area contributed by atoms with E-state index in [4.69, 9.17) is 16.3 Å². The number of nitrogens with zero attached hydrogens (tertiary/aromatic N) is 4. The molecule has 2 aliphatic rings. The van der Waals surface area contributed by atoms with Crippen molar-refractivity contribution in [1.82, 2.24) is 14.5 Å². The van der Waals surface area contributed by atoms with Crippen LogP contribution in [0, 0.1) is 12.8 Å². The second kappa shape index (κ2) is 6.38. The number of likely N-dealkylation sites (N-methyl/N-ethyl adjacent to an activating group) is 1. The first-order chi connectivity index (χ1) is 13.5. The fraction of sp³-hybridized carbons (Fsp3) is 0.350. The molecule has 1 aliphatic carbocycles. The molecule has 2 aromatic heterocycles. The van der Waals surface area contributed by atoms with Crippen LogP contribution in [0.1, 0.15) is 18.5 Å². The largest absolute Gasteiger partial charge is 0.481 e. The van der Waals surface area contributed by atoms with Gasteiger partial charge in [-0.3, -0.25) is 4.79 Å². The van der Waals surface area contributed by atoms with Gasteiger partial charge in [0.15, 0.2) is 6.61 Å². The van der Waals surface area contributed by atoms with Crippen LogP contribution in [0.5, 0.6) is 5.75 Å². The first-order valence-corrected chi connectivity index (χ1v) is 9.70. The van der Waals surface area contributed by atoms with Gasteiger partial charge in [-0.25, -0.2) is 9.97 Å². The average Bonchev–Trinajstić information content (AvgIpc) is 3.37. The van der Waals surface area contributed by atoms with Crippen LogP contribution in [0.3, 0.4) is 0 Å². The van der Waals surface area contributed by atoms with Gasteiger partial charge >= 0.3 is 0 Å². The molecule has 5 rings (SSSR count). The predicted molar refractivity (Wildman–Crippen MR) is 109 cm³/mol. The number of nitrogens with one attached hydrogen (secondary N) is 1. The standard InChI is InChI=1S/C20H20ClN5O2/c1-11-19-15(26(10-22-19)8-12-3-4-12)7-17(23-11)24-13-5-14(21)20-16(6-13)28-9-18(27)25(20)2/h5-7,10,12H,3-4,8-9H2,1-2H3,(H,23,24). The first-order valence-electron chi connectivity index (χ1n) is 9.32. The third kappa shape index (κ3) is 2.96. The molecule has 1 aromatic carbocycles. The minimum Gasteiger partial charge on any atom is -0.481 e. The number of fused-ring (bicyclic) bond motifs is 2. The van der Waals surface area contributed by atoms with Crippen molar-refractivity contribution in [2.75, 3.05) is 23.9 Å². The Kier molecular flexibility index (Phi) is 3.94. The lowest BCUT2D eigenvalue weighted by Crippen LogP contribution is -2.35. The van der Waals surface area contributed by atoms with Crippen molar-refractivity contribution in [2.45, 2.75) is 26.3 Å². The van der Waals surface area contributed by atoms with Crippen molar-refractivity contribution in [3.8, 4) is 5.75 Å². The number of ether oxygens (including phenoxy) is 1. The van der Waals surface area contributed by atoms with Gasteiger partial charge in [0.2, 0.25) is 0 Å². The number of anilines is 3. The van der Waals surface area contributed by atoms with Gasteiger partial charge in [0.25, 0.3) is 5.91 Å². The van der Waals surface area contributed by atoms with Gasteiger partial charge in [0.1, 0.15) is 22.8 Å². The van der Waals surface area contributed by atoms with Crippen LogP contribution in [0.25, 0.3) is 11.0 Å². The van der Waals surface area contributed by atoms with Gasteiger partial charge in [-0.1, -0.05) is 11.6 Å². The van der Waals surface area contributed by atoms with E-state index in [-0.39, 0.29) is 12.5 Å². The van der Waals surface area contributed by atoms with E-state index in [1.54, 1.807) is 13.1 Å². The van der Waals surface area contributed by atoms with E-state index in [0.717, 1.165) is 40.7 Å². The second-order valence-corrected chi connectivity index (χ2v) is 7.88. The molecule has 0 saturated heterocycles. The molecule has 7 nitrogen and oxygen atoms in total. The Hall–Kier alpha value is -2.80. The highest BCUT2D eigenvalue weighted by Crippen LogP contribution is 2.41. The summed E-state index contributed by atoms with van der Waals surface area (Å²) in [6.07, 6.45) is 4.48. The Morgan fingerprint density at radius 1 is 1.32 bits per heavy atom. The monoisotopic (exact) mass is 397 g/mol. The highest BCUT2D eigenvalue weighted by molar-refractivity contribution is 6.34. The summed E-state index contributed by atoms with van der Waals surface area (Å²) in [5.74, 6) is 1.94. The van der Waals surface area contributed by atoms with E-state index >= 15 is 0 Å². The van der Waals surface area contributed by atoms with E-state index in [1.807, 2.05) is 25.4 Å². The van der Waals surface area contributed by atoms with Crippen LogP contribution in [-0.4, -0.2) is 34.1 Å². The number of rotatable bonds is 4. The van der Waals surface area contributed by atoms with Crippen molar-refractivity contribution in [1.29, 1.82) is 0 Å². The summed E-state index contributed by atoms with van der Waals surface area (Å²) in [6, 6.07) is 5.63. The summed E-state index contributed by atoms with van der Waals surface area (Å²) in [4.78, 5) is 22.5. The molecule has 0 bridgehead atoms. The number of carbonyl (C=O) groups excluding carboxylic acids is 1. The molecule has 8 heteroatoms. The first kappa shape index (κ1) is 17.3. The number of benzene rings is 1. The average molecular weight is 398 g/mol. The summed E-state index contributed by atoms with van der Waals surface area (Å²) >= 11 is 6.42. The van der Waals surface area contributed by atoms with Crippen LogP contribution >= 0.6 is 11.6 Å². The van der Waals surface area contributed by atoms with E-state index in [9.17, 15) is 4.79 Å². The summed E-state index contributed by atoms with van der Waals surface area (Å²) < 4.78 is 7.77. The van der Waals surface area contributed by atoms with Crippen molar-refractivity contribution >= 4 is 45.7 Å². The molecule has 1 aliphatic heterocycles. The van der Waals surface area contributed by atoms with Gasteiger partial charge in [0.05, 0.1) is 22.6 Å². The molecule has 1 fully saturated rings. The highest BCUT2D eigenvalue weighted by Gasteiger charge is 2.26. The Labute approximate surface area is 167 Å². The summed E-state index contributed by atoms with van der Waals surface area (Å²) in [5, 5.41) is 3.77. The third-order valence-corrected chi connectivity index (χ3v) is 5.58. The minimum absolute atomic E-state index is 0.00690. The Morgan fingerprint density at radius 2 is 2.14 bits per heavy atom. The maximum Gasteiger partial charge on any atom is 0.264 e. The Bertz CT molecular complexity index is 1110. The molecule has 144 valence electrons.